The maximum absolute atomic E-state index is 12.9. The third-order valence-electron chi connectivity index (χ3n) is 8.10. The van der Waals surface area contributed by atoms with Gasteiger partial charge in [0.25, 0.3) is 0 Å². The maximum atomic E-state index is 12.9. The lowest BCUT2D eigenvalue weighted by molar-refractivity contribution is -0.165. The summed E-state index contributed by atoms with van der Waals surface area (Å²) in [7, 11) is 5.22. The largest absolute Gasteiger partial charge is 0.494 e. The highest BCUT2D eigenvalue weighted by molar-refractivity contribution is 6.22. The number of aliphatic carboxylic acids is 2. The van der Waals surface area contributed by atoms with Gasteiger partial charge in [0.1, 0.15) is 0 Å². The van der Waals surface area contributed by atoms with Gasteiger partial charge in [0.15, 0.2) is 18.1 Å². The van der Waals surface area contributed by atoms with Crippen molar-refractivity contribution in [2.24, 2.45) is 4.99 Å². The first kappa shape index (κ1) is 39.8. The Balaban J connectivity index is 0.000000559. The summed E-state index contributed by atoms with van der Waals surface area (Å²) in [6, 6.07) is 22.2. The number of carbonyl (C=O) groups is 4. The van der Waals surface area contributed by atoms with Crippen LogP contribution in [0.25, 0.3) is 10.9 Å². The fourth-order valence-corrected chi connectivity index (χ4v) is 5.13. The molecule has 1 amide bonds. The van der Waals surface area contributed by atoms with Crippen LogP contribution in [0.5, 0.6) is 5.88 Å². The highest BCUT2D eigenvalue weighted by Crippen LogP contribution is 2.32. The molecule has 0 spiro atoms. The van der Waals surface area contributed by atoms with Crippen molar-refractivity contribution in [3.05, 3.63) is 89.5 Å². The number of piperazine rings is 1. The molecule has 2 unspecified atom stereocenters. The predicted molar refractivity (Wildman–Crippen MR) is 188 cm³/mol. The molecule has 1 aliphatic heterocycles. The molecule has 2 atom stereocenters. The highest BCUT2D eigenvalue weighted by atomic mass is 16.5. The van der Waals surface area contributed by atoms with Gasteiger partial charge in [-0.3, -0.25) is 9.69 Å². The first-order valence-electron chi connectivity index (χ1n) is 15.5. The van der Waals surface area contributed by atoms with E-state index in [1.165, 1.54) is 7.11 Å². The number of rotatable bonds is 10. The Morgan fingerprint density at radius 3 is 2.02 bits per heavy atom. The van der Waals surface area contributed by atoms with E-state index >= 15 is 0 Å². The lowest BCUT2D eigenvalue weighted by atomic mass is 10.00. The first-order chi connectivity index (χ1) is 23.8. The van der Waals surface area contributed by atoms with Gasteiger partial charge >= 0.3 is 17.9 Å². The number of likely N-dealkylation sites (N-methyl/N-ethyl adjacent to an activating group) is 2. The topological polar surface area (TPSA) is 248 Å². The van der Waals surface area contributed by atoms with Crippen molar-refractivity contribution in [2.75, 3.05) is 58.8 Å². The van der Waals surface area contributed by atoms with Crippen LogP contribution in [0.3, 0.4) is 0 Å². The van der Waals surface area contributed by atoms with E-state index < -0.39 is 30.1 Å². The zero-order valence-electron chi connectivity index (χ0n) is 28.2. The summed E-state index contributed by atoms with van der Waals surface area (Å²) in [6.07, 6.45) is -4.53. The van der Waals surface area contributed by atoms with Gasteiger partial charge in [0.2, 0.25) is 5.91 Å². The van der Waals surface area contributed by atoms with E-state index in [4.69, 9.17) is 30.2 Å². The minimum Gasteiger partial charge on any atom is -0.494 e. The number of aliphatic hydroxyl groups is 2. The number of methoxy groups -OCH3 is 1. The van der Waals surface area contributed by atoms with Crippen molar-refractivity contribution in [2.45, 2.75) is 12.2 Å². The van der Waals surface area contributed by atoms with E-state index in [0.29, 0.717) is 34.6 Å². The molecule has 3 aromatic carbocycles. The van der Waals surface area contributed by atoms with E-state index in [2.05, 4.69) is 21.8 Å². The van der Waals surface area contributed by atoms with E-state index in [1.807, 2.05) is 54.6 Å². The summed E-state index contributed by atoms with van der Waals surface area (Å²) in [6.45, 7) is 4.09. The van der Waals surface area contributed by atoms with Gasteiger partial charge in [-0.2, -0.15) is 0 Å². The van der Waals surface area contributed by atoms with Crippen molar-refractivity contribution in [3.63, 3.8) is 0 Å². The van der Waals surface area contributed by atoms with Crippen LogP contribution in [0, 0.1) is 0 Å². The molecular formula is C35H41N5O11. The first-order valence-corrected chi connectivity index (χ1v) is 15.5. The molecule has 0 radical (unpaired) electrons. The van der Waals surface area contributed by atoms with Gasteiger partial charge in [-0.05, 0) is 43.4 Å². The zero-order valence-corrected chi connectivity index (χ0v) is 28.2. The van der Waals surface area contributed by atoms with Gasteiger partial charge < -0.3 is 50.5 Å². The Bertz CT molecular complexity index is 1840. The molecular weight excluding hydrogens is 666 g/mol. The molecule has 1 aliphatic rings. The van der Waals surface area contributed by atoms with Crippen LogP contribution < -0.4 is 4.90 Å². The van der Waals surface area contributed by atoms with Crippen LogP contribution in [0.1, 0.15) is 21.5 Å². The molecule has 5 rings (SSSR count). The number of fused-ring (bicyclic) bond motifs is 1. The third-order valence-corrected chi connectivity index (χ3v) is 8.10. The van der Waals surface area contributed by atoms with Gasteiger partial charge in [0, 0.05) is 55.4 Å². The Labute approximate surface area is 292 Å². The third kappa shape index (κ3) is 9.96. The number of H-pyrrole nitrogens is 1. The van der Waals surface area contributed by atoms with Crippen molar-refractivity contribution in [3.8, 4) is 5.88 Å². The average molecular weight is 708 g/mol. The minimum absolute atomic E-state index is 0. The normalized spacial score (nSPS) is 14.7. The molecule has 1 saturated heterocycles. The fourth-order valence-electron chi connectivity index (χ4n) is 5.13. The molecule has 8 N–H and O–H groups in total. The van der Waals surface area contributed by atoms with Crippen molar-refractivity contribution >= 4 is 51.8 Å². The fraction of sp³-hybridized carbons (Fsp3) is 0.286. The number of hydrogen-bond donors (Lipinski definition) is 6. The number of carboxylic acids is 2. The number of aliphatic hydroxyl groups excluding tert-OH is 2. The van der Waals surface area contributed by atoms with Crippen LogP contribution in [-0.4, -0.2) is 141 Å². The van der Waals surface area contributed by atoms with Crippen molar-refractivity contribution in [1.82, 2.24) is 14.8 Å². The summed E-state index contributed by atoms with van der Waals surface area (Å²) < 4.78 is 4.83. The Morgan fingerprint density at radius 2 is 1.47 bits per heavy atom. The number of anilines is 1. The Kier molecular flexibility index (Phi) is 13.9. The van der Waals surface area contributed by atoms with Gasteiger partial charge in [-0.1, -0.05) is 36.4 Å². The molecule has 16 nitrogen and oxygen atoms in total. The zero-order chi connectivity index (χ0) is 36.5. The molecule has 4 aromatic rings. The van der Waals surface area contributed by atoms with Crippen LogP contribution in [0.2, 0.25) is 0 Å². The van der Waals surface area contributed by atoms with E-state index in [1.54, 1.807) is 30.1 Å². The van der Waals surface area contributed by atoms with E-state index in [-0.39, 0.29) is 17.3 Å². The molecule has 272 valence electrons. The summed E-state index contributed by atoms with van der Waals surface area (Å²) in [5.74, 6) is -4.00. The number of nitrogens with one attached hydrogen (secondary N) is 1. The molecule has 16 heteroatoms. The van der Waals surface area contributed by atoms with Crippen LogP contribution in [0.15, 0.2) is 77.8 Å². The monoisotopic (exact) mass is 707 g/mol. The standard InChI is InChI=1S/C31H33N5O4.C4H6O6.H2O/c1-34-15-17-36(18-16-34)20-27(37)35(2)24-12-10-23(11-13-24)32-29(21-7-5-4-6-8-21)28-25-14-9-22(31(39)40-3)19-26(25)33-30(28)38;5-1(3(7)8)2(6)4(9)10;/h4-14,19,33,38H,15-18,20H2,1-3H3;1-2,5-6H,(H,7,8)(H,9,10);1H2. The number of esters is 1. The second kappa shape index (κ2) is 17.8. The summed E-state index contributed by atoms with van der Waals surface area (Å²) in [5.41, 5.74) is 4.34. The predicted octanol–water partition coefficient (Wildman–Crippen LogP) is 1.09. The number of nitrogens with zero attached hydrogens (tertiary/aromatic N) is 4. The molecule has 2 heterocycles. The second-order valence-corrected chi connectivity index (χ2v) is 11.5. The number of aliphatic imine (C=N–C) groups is 1. The van der Waals surface area contributed by atoms with Crippen LogP contribution in [-0.2, 0) is 19.1 Å². The van der Waals surface area contributed by atoms with Crippen LogP contribution >= 0.6 is 0 Å². The molecule has 0 bridgehead atoms. The average Bonchev–Trinajstić information content (AvgIpc) is 3.45. The molecule has 51 heavy (non-hydrogen) atoms. The number of aromatic nitrogens is 1. The van der Waals surface area contributed by atoms with Gasteiger partial charge in [-0.15, -0.1) is 0 Å². The quantitative estimate of drug-likeness (QED) is 0.100. The molecule has 1 aromatic heterocycles. The van der Waals surface area contributed by atoms with E-state index in [9.17, 15) is 24.3 Å². The number of aromatic amines is 1. The summed E-state index contributed by atoms with van der Waals surface area (Å²) in [5, 5.41) is 44.2. The van der Waals surface area contributed by atoms with Crippen molar-refractivity contribution in [1.29, 1.82) is 0 Å². The highest BCUT2D eigenvalue weighted by Gasteiger charge is 2.29. The second-order valence-electron chi connectivity index (χ2n) is 11.5. The lowest BCUT2D eigenvalue weighted by Crippen LogP contribution is -2.48. The molecule has 0 aliphatic carbocycles. The van der Waals surface area contributed by atoms with Gasteiger partial charge in [0.05, 0.1) is 36.2 Å². The van der Waals surface area contributed by atoms with Crippen LogP contribution in [0.4, 0.5) is 11.4 Å². The Morgan fingerprint density at radius 1 is 0.882 bits per heavy atom. The number of carbonyl (C=O) groups excluding carboxylic acids is 2. The number of amides is 1. The smallest absolute Gasteiger partial charge is 0.337 e. The summed E-state index contributed by atoms with van der Waals surface area (Å²) in [4.78, 5) is 58.5. The minimum atomic E-state index is -2.27. The number of benzene rings is 3. The molecule has 1 fully saturated rings. The number of aromatic hydroxyl groups is 1. The summed E-state index contributed by atoms with van der Waals surface area (Å²) >= 11 is 0. The Hall–Kier alpha value is -5.65. The number of carboxylic acid groups (broad SMARTS) is 2. The lowest BCUT2D eigenvalue weighted by Gasteiger charge is -2.32. The molecule has 0 saturated carbocycles. The van der Waals surface area contributed by atoms with E-state index in [0.717, 1.165) is 42.8 Å². The van der Waals surface area contributed by atoms with Crippen molar-refractivity contribution < 1.29 is 54.9 Å². The maximum Gasteiger partial charge on any atom is 0.337 e. The number of hydrogen-bond acceptors (Lipinski definition) is 11. The van der Waals surface area contributed by atoms with Gasteiger partial charge in [-0.25, -0.2) is 19.4 Å². The number of ether oxygens (including phenoxy) is 1. The SMILES string of the molecule is COC(=O)c1ccc2c(C(=Nc3ccc(N(C)C(=O)CN4CCN(C)CC4)cc3)c3ccccc3)c(O)[nH]c2c1.O.O=C(O)C(O)C(O)C(=O)O.